The summed E-state index contributed by atoms with van der Waals surface area (Å²) in [6, 6.07) is 6.66. The third-order valence-electron chi connectivity index (χ3n) is 4.40. The van der Waals surface area contributed by atoms with Gasteiger partial charge >= 0.3 is 0 Å². The fourth-order valence-corrected chi connectivity index (χ4v) is 3.20. The van der Waals surface area contributed by atoms with Crippen molar-refractivity contribution in [2.75, 3.05) is 0 Å². The van der Waals surface area contributed by atoms with Crippen molar-refractivity contribution in [3.63, 3.8) is 0 Å². The smallest absolute Gasteiger partial charge is 0.175 e. The van der Waals surface area contributed by atoms with E-state index in [1.807, 2.05) is 0 Å². The number of Topliss-reactive ketones (excluding diaryl/α,β-unsaturated/α-hetero) is 4. The molecule has 4 nitrogen and oxygen atoms in total. The molecule has 0 N–H and O–H groups in total. The van der Waals surface area contributed by atoms with Gasteiger partial charge in [0.05, 0.1) is 11.8 Å². The third-order valence-corrected chi connectivity index (χ3v) is 4.40. The minimum Gasteiger partial charge on any atom is -0.299 e. The van der Waals surface area contributed by atoms with Crippen molar-refractivity contribution >= 4 is 23.1 Å². The number of benzene rings is 1. The van der Waals surface area contributed by atoms with E-state index in [0.29, 0.717) is 17.5 Å². The number of rotatable bonds is 1. The van der Waals surface area contributed by atoms with Crippen molar-refractivity contribution < 1.29 is 19.2 Å². The van der Waals surface area contributed by atoms with Crippen LogP contribution >= 0.6 is 0 Å². The molecule has 102 valence electrons. The van der Waals surface area contributed by atoms with E-state index in [1.54, 1.807) is 31.2 Å². The minimum atomic E-state index is -0.921. The van der Waals surface area contributed by atoms with Crippen LogP contribution in [0.1, 0.15) is 40.5 Å². The zero-order valence-electron chi connectivity index (χ0n) is 11.1. The van der Waals surface area contributed by atoms with Gasteiger partial charge in [0.2, 0.25) is 0 Å². The van der Waals surface area contributed by atoms with E-state index in [0.717, 1.165) is 0 Å². The number of carbonyl (C=O) groups excluding carboxylic acids is 4. The second-order valence-electron chi connectivity index (χ2n) is 5.49. The Morgan fingerprint density at radius 1 is 0.950 bits per heavy atom. The highest BCUT2D eigenvalue weighted by atomic mass is 16.2. The highest BCUT2D eigenvalue weighted by Crippen LogP contribution is 2.37. The molecule has 1 aromatic rings. The average Bonchev–Trinajstić information content (AvgIpc) is 2.70. The first-order valence-corrected chi connectivity index (χ1v) is 6.76. The summed E-state index contributed by atoms with van der Waals surface area (Å²) in [6.07, 6.45) is 0.573. The lowest BCUT2D eigenvalue weighted by Gasteiger charge is -2.27. The average molecular weight is 270 g/mol. The number of fused-ring (bicyclic) bond motifs is 1. The number of carbonyl (C=O) groups is 4. The maximum Gasteiger partial charge on any atom is 0.175 e. The second kappa shape index (κ2) is 4.47. The lowest BCUT2D eigenvalue weighted by Crippen LogP contribution is -2.40. The quantitative estimate of drug-likeness (QED) is 0.730. The van der Waals surface area contributed by atoms with Crippen LogP contribution in [0.3, 0.4) is 0 Å². The van der Waals surface area contributed by atoms with Gasteiger partial charge in [0.25, 0.3) is 0 Å². The molecule has 0 aliphatic heterocycles. The van der Waals surface area contributed by atoms with E-state index in [4.69, 9.17) is 0 Å². The lowest BCUT2D eigenvalue weighted by molar-refractivity contribution is -0.138. The van der Waals surface area contributed by atoms with Gasteiger partial charge in [-0.05, 0) is 13.3 Å². The molecule has 2 atom stereocenters. The summed E-state index contributed by atoms with van der Waals surface area (Å²) in [6.45, 7) is 1.56. The Morgan fingerprint density at radius 3 is 2.05 bits per heavy atom. The summed E-state index contributed by atoms with van der Waals surface area (Å²) in [7, 11) is 0. The van der Waals surface area contributed by atoms with Crippen LogP contribution < -0.4 is 0 Å². The molecule has 1 saturated carbocycles. The molecule has 0 saturated heterocycles. The molecule has 2 aliphatic carbocycles. The molecule has 0 heterocycles. The van der Waals surface area contributed by atoms with Crippen molar-refractivity contribution in [2.45, 2.75) is 19.8 Å². The maximum atomic E-state index is 12.4. The Hall–Kier alpha value is -2.10. The van der Waals surface area contributed by atoms with Gasteiger partial charge in [-0.15, -0.1) is 0 Å². The lowest BCUT2D eigenvalue weighted by atomic mass is 9.72. The van der Waals surface area contributed by atoms with Gasteiger partial charge in [0.15, 0.2) is 11.6 Å². The molecular weight excluding hydrogens is 256 g/mol. The normalized spacial score (nSPS) is 27.1. The highest BCUT2D eigenvalue weighted by Gasteiger charge is 2.48. The van der Waals surface area contributed by atoms with Gasteiger partial charge < -0.3 is 0 Å². The van der Waals surface area contributed by atoms with Crippen LogP contribution in [0.25, 0.3) is 0 Å². The van der Waals surface area contributed by atoms with E-state index in [1.165, 1.54) is 0 Å². The van der Waals surface area contributed by atoms with E-state index < -0.39 is 17.8 Å². The van der Waals surface area contributed by atoms with Crippen LogP contribution in [0.5, 0.6) is 0 Å². The summed E-state index contributed by atoms with van der Waals surface area (Å²) < 4.78 is 0. The highest BCUT2D eigenvalue weighted by molar-refractivity contribution is 6.28. The standard InChI is InChI=1S/C16H14O4/c1-8-12(17)7-6-11(14(8)18)13-15(19)9-4-2-3-5-10(9)16(13)20/h2-5,8,11,13H,6-7H2,1H3. The van der Waals surface area contributed by atoms with Gasteiger partial charge in [0.1, 0.15) is 11.6 Å². The van der Waals surface area contributed by atoms with Gasteiger partial charge in [-0.1, -0.05) is 24.3 Å². The van der Waals surface area contributed by atoms with Gasteiger partial charge in [-0.25, -0.2) is 0 Å². The van der Waals surface area contributed by atoms with Crippen LogP contribution in [0, 0.1) is 17.8 Å². The summed E-state index contributed by atoms with van der Waals surface area (Å²) in [5.74, 6) is -3.16. The van der Waals surface area contributed by atoms with Crippen LogP contribution in [-0.4, -0.2) is 23.1 Å². The summed E-state index contributed by atoms with van der Waals surface area (Å²) in [5, 5.41) is 0. The monoisotopic (exact) mass is 270 g/mol. The molecule has 3 rings (SSSR count). The maximum absolute atomic E-state index is 12.4. The van der Waals surface area contributed by atoms with E-state index >= 15 is 0 Å². The number of hydrogen-bond acceptors (Lipinski definition) is 4. The topological polar surface area (TPSA) is 68.3 Å². The fourth-order valence-electron chi connectivity index (χ4n) is 3.20. The van der Waals surface area contributed by atoms with E-state index in [9.17, 15) is 19.2 Å². The predicted molar refractivity (Wildman–Crippen MR) is 70.5 cm³/mol. The van der Waals surface area contributed by atoms with Gasteiger partial charge in [0, 0.05) is 23.5 Å². The number of ketones is 4. The second-order valence-corrected chi connectivity index (χ2v) is 5.49. The largest absolute Gasteiger partial charge is 0.299 e. The predicted octanol–water partition coefficient (Wildman–Crippen LogP) is 1.87. The molecule has 0 bridgehead atoms. The Balaban J connectivity index is 1.97. The van der Waals surface area contributed by atoms with Gasteiger partial charge in [-0.3, -0.25) is 19.2 Å². The van der Waals surface area contributed by atoms with Crippen molar-refractivity contribution in [3.05, 3.63) is 35.4 Å². The molecule has 0 aromatic heterocycles. The molecule has 1 fully saturated rings. The first kappa shape index (κ1) is 12.9. The molecule has 0 spiro atoms. The number of hydrogen-bond donors (Lipinski definition) is 0. The summed E-state index contributed by atoms with van der Waals surface area (Å²) >= 11 is 0. The molecule has 0 amide bonds. The molecule has 2 unspecified atom stereocenters. The fraction of sp³-hybridized carbons (Fsp3) is 0.375. The summed E-state index contributed by atoms with van der Waals surface area (Å²) in [4.78, 5) is 48.6. The van der Waals surface area contributed by atoms with Crippen LogP contribution in [-0.2, 0) is 9.59 Å². The van der Waals surface area contributed by atoms with Crippen molar-refractivity contribution in [2.24, 2.45) is 17.8 Å². The zero-order valence-corrected chi connectivity index (χ0v) is 11.1. The molecule has 2 aliphatic rings. The molecule has 4 heteroatoms. The Morgan fingerprint density at radius 2 is 1.50 bits per heavy atom. The zero-order chi connectivity index (χ0) is 14.4. The Labute approximate surface area is 116 Å². The van der Waals surface area contributed by atoms with E-state index in [-0.39, 0.29) is 29.6 Å². The molecule has 20 heavy (non-hydrogen) atoms. The third kappa shape index (κ3) is 1.68. The Bertz CT molecular complexity index is 609. The molecule has 0 radical (unpaired) electrons. The van der Waals surface area contributed by atoms with Gasteiger partial charge in [-0.2, -0.15) is 0 Å². The van der Waals surface area contributed by atoms with Crippen molar-refractivity contribution in [3.8, 4) is 0 Å². The first-order valence-electron chi connectivity index (χ1n) is 6.76. The van der Waals surface area contributed by atoms with Crippen LogP contribution in [0.4, 0.5) is 0 Å². The van der Waals surface area contributed by atoms with Crippen LogP contribution in [0.2, 0.25) is 0 Å². The van der Waals surface area contributed by atoms with E-state index in [2.05, 4.69) is 0 Å². The Kier molecular flexibility index (Phi) is 2.89. The minimum absolute atomic E-state index is 0.0957. The first-order chi connectivity index (χ1) is 9.52. The van der Waals surface area contributed by atoms with Crippen molar-refractivity contribution in [1.29, 1.82) is 0 Å². The molecular formula is C16H14O4. The SMILES string of the molecule is CC1C(=O)CCC(C2C(=O)c3ccccc3C2=O)C1=O. The molecule has 1 aromatic carbocycles. The summed E-state index contributed by atoms with van der Waals surface area (Å²) in [5.41, 5.74) is 0.805. The van der Waals surface area contributed by atoms with Crippen LogP contribution in [0.15, 0.2) is 24.3 Å². The van der Waals surface area contributed by atoms with Crippen molar-refractivity contribution in [1.82, 2.24) is 0 Å².